The Kier molecular flexibility index (Phi) is 8.29. The number of hydrogen-bond donors (Lipinski definition) is 0. The Bertz CT molecular complexity index is 786. The van der Waals surface area contributed by atoms with E-state index in [1.807, 2.05) is 0 Å². The van der Waals surface area contributed by atoms with Crippen molar-refractivity contribution in [2.45, 2.75) is 37.7 Å². The van der Waals surface area contributed by atoms with Crippen LogP contribution in [0.1, 0.15) is 27.2 Å². The minimum Gasteiger partial charge on any atom is -0.493 e. The van der Waals surface area contributed by atoms with Crippen molar-refractivity contribution in [3.8, 4) is 5.75 Å². The summed E-state index contributed by atoms with van der Waals surface area (Å²) in [6, 6.07) is 6.28. The van der Waals surface area contributed by atoms with Gasteiger partial charge in [0.2, 0.25) is 5.91 Å². The molecule has 0 aliphatic heterocycles. The quantitative estimate of drug-likeness (QED) is 0.606. The van der Waals surface area contributed by atoms with Gasteiger partial charge in [0.15, 0.2) is 9.84 Å². The normalized spacial score (nSPS) is 11.6. The van der Waals surface area contributed by atoms with Gasteiger partial charge in [0.1, 0.15) is 17.9 Å². The fraction of sp³-hybridized carbons (Fsp3) is 0.579. The molecule has 0 aliphatic carbocycles. The van der Waals surface area contributed by atoms with Crippen LogP contribution >= 0.6 is 0 Å². The molecule has 0 unspecified atom stereocenters. The summed E-state index contributed by atoms with van der Waals surface area (Å²) >= 11 is 0. The number of nitrogens with zero attached hydrogens (tertiary/aromatic N) is 2. The Morgan fingerprint density at radius 1 is 1.11 bits per heavy atom. The van der Waals surface area contributed by atoms with E-state index in [1.54, 1.807) is 40.0 Å². The Morgan fingerprint density at radius 3 is 2.32 bits per heavy atom. The van der Waals surface area contributed by atoms with Crippen molar-refractivity contribution in [2.75, 3.05) is 40.0 Å². The zero-order valence-corrected chi connectivity index (χ0v) is 18.2. The van der Waals surface area contributed by atoms with Crippen LogP contribution in [0.15, 0.2) is 29.2 Å². The zero-order chi connectivity index (χ0) is 21.5. The second kappa shape index (κ2) is 9.77. The van der Waals surface area contributed by atoms with Gasteiger partial charge in [-0.3, -0.25) is 4.79 Å². The van der Waals surface area contributed by atoms with Crippen LogP contribution in [0.3, 0.4) is 0 Å². The van der Waals surface area contributed by atoms with Gasteiger partial charge in [-0.2, -0.15) is 0 Å². The fourth-order valence-electron chi connectivity index (χ4n) is 2.14. The van der Waals surface area contributed by atoms with Crippen molar-refractivity contribution in [2.24, 2.45) is 0 Å². The number of hydrogen-bond acceptors (Lipinski definition) is 6. The van der Waals surface area contributed by atoms with Crippen molar-refractivity contribution in [1.82, 2.24) is 9.80 Å². The summed E-state index contributed by atoms with van der Waals surface area (Å²) in [5, 5.41) is 0. The van der Waals surface area contributed by atoms with E-state index in [0.29, 0.717) is 25.3 Å². The minimum absolute atomic E-state index is 0.0807. The number of sulfone groups is 1. The lowest BCUT2D eigenvalue weighted by molar-refractivity contribution is -0.130. The van der Waals surface area contributed by atoms with Gasteiger partial charge in [0.25, 0.3) is 0 Å². The molecular formula is C19H30N2O6S. The van der Waals surface area contributed by atoms with Gasteiger partial charge in [0, 0.05) is 26.9 Å². The molecule has 0 N–H and O–H groups in total. The van der Waals surface area contributed by atoms with E-state index in [4.69, 9.17) is 9.47 Å². The van der Waals surface area contributed by atoms with Crippen LogP contribution in [0, 0.1) is 0 Å². The number of rotatable bonds is 8. The summed E-state index contributed by atoms with van der Waals surface area (Å²) in [5.41, 5.74) is -0.619. The molecule has 9 heteroatoms. The predicted octanol–water partition coefficient (Wildman–Crippen LogP) is 2.18. The molecule has 1 rings (SSSR count). The number of amides is 2. The first-order valence-corrected chi connectivity index (χ1v) is 10.8. The number of likely N-dealkylation sites (N-methyl/N-ethyl adjacent to an activating group) is 2. The molecule has 0 radical (unpaired) electrons. The van der Waals surface area contributed by atoms with E-state index in [1.165, 1.54) is 29.0 Å². The predicted molar refractivity (Wildman–Crippen MR) is 106 cm³/mol. The lowest BCUT2D eigenvalue weighted by Crippen LogP contribution is -2.42. The topological polar surface area (TPSA) is 93.2 Å². The monoisotopic (exact) mass is 414 g/mol. The average molecular weight is 415 g/mol. The Labute approximate surface area is 167 Å². The highest BCUT2D eigenvalue weighted by Crippen LogP contribution is 2.17. The molecule has 8 nitrogen and oxygen atoms in total. The molecular weight excluding hydrogens is 384 g/mol. The lowest BCUT2D eigenvalue weighted by atomic mass is 10.2. The van der Waals surface area contributed by atoms with Gasteiger partial charge >= 0.3 is 6.09 Å². The Morgan fingerprint density at radius 2 is 1.75 bits per heavy atom. The summed E-state index contributed by atoms with van der Waals surface area (Å²) < 4.78 is 33.9. The minimum atomic E-state index is -3.29. The van der Waals surface area contributed by atoms with E-state index in [-0.39, 0.29) is 17.3 Å². The maximum Gasteiger partial charge on any atom is 0.410 e. The molecule has 0 heterocycles. The zero-order valence-electron chi connectivity index (χ0n) is 17.4. The molecule has 0 saturated heterocycles. The van der Waals surface area contributed by atoms with Crippen LogP contribution in [-0.4, -0.2) is 75.9 Å². The van der Waals surface area contributed by atoms with Crippen molar-refractivity contribution in [1.29, 1.82) is 0 Å². The summed E-state index contributed by atoms with van der Waals surface area (Å²) in [4.78, 5) is 27.1. The van der Waals surface area contributed by atoms with Gasteiger partial charge in [-0.1, -0.05) is 6.07 Å². The van der Waals surface area contributed by atoms with E-state index in [2.05, 4.69) is 0 Å². The van der Waals surface area contributed by atoms with Crippen LogP contribution in [-0.2, 0) is 19.4 Å². The van der Waals surface area contributed by atoms with E-state index in [9.17, 15) is 18.0 Å². The van der Waals surface area contributed by atoms with E-state index >= 15 is 0 Å². The molecule has 0 spiro atoms. The summed E-state index contributed by atoms with van der Waals surface area (Å²) in [7, 11) is -0.126. The van der Waals surface area contributed by atoms with Crippen molar-refractivity contribution in [3.63, 3.8) is 0 Å². The second-order valence-corrected chi connectivity index (χ2v) is 9.62. The van der Waals surface area contributed by atoms with E-state index < -0.39 is 21.5 Å². The van der Waals surface area contributed by atoms with Crippen LogP contribution < -0.4 is 4.74 Å². The fourth-order valence-corrected chi connectivity index (χ4v) is 2.80. The molecule has 0 saturated carbocycles. The maximum absolute atomic E-state index is 12.2. The van der Waals surface area contributed by atoms with Gasteiger partial charge < -0.3 is 19.3 Å². The third-order valence-electron chi connectivity index (χ3n) is 3.64. The van der Waals surface area contributed by atoms with Gasteiger partial charge in [-0.05, 0) is 45.4 Å². The number of ether oxygens (including phenoxy) is 2. The standard InChI is InChI=1S/C19H30N2O6S/c1-19(2,3)27-18(23)21(5)14-17(22)20(4)11-8-12-26-15-9-7-10-16(13-15)28(6,24)25/h7,9-10,13H,8,11-12,14H2,1-6H3. The van der Waals surface area contributed by atoms with Crippen LogP contribution in [0.2, 0.25) is 0 Å². The number of benzene rings is 1. The molecule has 1 aromatic carbocycles. The average Bonchev–Trinajstić information content (AvgIpc) is 2.56. The molecule has 1 aromatic rings. The molecule has 2 amide bonds. The smallest absolute Gasteiger partial charge is 0.410 e. The first kappa shape index (κ1) is 23.7. The number of carbonyl (C=O) groups is 2. The summed E-state index contributed by atoms with van der Waals surface area (Å²) in [6.45, 7) is 5.97. The first-order valence-electron chi connectivity index (χ1n) is 8.90. The largest absolute Gasteiger partial charge is 0.493 e. The highest BCUT2D eigenvalue weighted by atomic mass is 32.2. The Hall–Kier alpha value is -2.29. The summed E-state index contributed by atoms with van der Waals surface area (Å²) in [5.74, 6) is 0.244. The highest BCUT2D eigenvalue weighted by molar-refractivity contribution is 7.90. The highest BCUT2D eigenvalue weighted by Gasteiger charge is 2.22. The molecule has 0 fully saturated rings. The molecule has 28 heavy (non-hydrogen) atoms. The number of carbonyl (C=O) groups excluding carboxylic acids is 2. The van der Waals surface area contributed by atoms with Gasteiger partial charge in [-0.15, -0.1) is 0 Å². The molecule has 0 aliphatic rings. The molecule has 0 atom stereocenters. The second-order valence-electron chi connectivity index (χ2n) is 7.60. The van der Waals surface area contributed by atoms with Crippen LogP contribution in [0.25, 0.3) is 0 Å². The SMILES string of the molecule is CN(CCCOc1cccc(S(C)(=O)=O)c1)C(=O)CN(C)C(=O)OC(C)(C)C. The molecule has 0 aromatic heterocycles. The van der Waals surface area contributed by atoms with Crippen molar-refractivity contribution in [3.05, 3.63) is 24.3 Å². The van der Waals surface area contributed by atoms with E-state index in [0.717, 1.165) is 6.26 Å². The van der Waals surface area contributed by atoms with Gasteiger partial charge in [0.05, 0.1) is 11.5 Å². The van der Waals surface area contributed by atoms with Crippen molar-refractivity contribution < 1.29 is 27.5 Å². The van der Waals surface area contributed by atoms with Crippen LogP contribution in [0.4, 0.5) is 4.79 Å². The third-order valence-corrected chi connectivity index (χ3v) is 4.75. The molecule has 0 bridgehead atoms. The maximum atomic E-state index is 12.2. The lowest BCUT2D eigenvalue weighted by Gasteiger charge is -2.26. The van der Waals surface area contributed by atoms with Crippen LogP contribution in [0.5, 0.6) is 5.75 Å². The van der Waals surface area contributed by atoms with Crippen molar-refractivity contribution >= 4 is 21.8 Å². The summed E-state index contributed by atoms with van der Waals surface area (Å²) in [6.07, 6.45) is 1.14. The third kappa shape index (κ3) is 8.60. The first-order chi connectivity index (χ1) is 12.8. The Balaban J connectivity index is 2.41. The molecule has 158 valence electrons. The van der Waals surface area contributed by atoms with Gasteiger partial charge in [-0.25, -0.2) is 13.2 Å².